The summed E-state index contributed by atoms with van der Waals surface area (Å²) in [7, 11) is 0. The van der Waals surface area contributed by atoms with Gasteiger partial charge in [0.25, 0.3) is 0 Å². The Morgan fingerprint density at radius 1 is 1.56 bits per heavy atom. The fraction of sp³-hybridized carbons (Fsp3) is 0.300. The molecule has 0 atom stereocenters. The molecule has 0 spiro atoms. The quantitative estimate of drug-likeness (QED) is 0.914. The molecule has 16 heavy (non-hydrogen) atoms. The third-order valence-electron chi connectivity index (χ3n) is 2.31. The first-order valence-corrected chi connectivity index (χ1v) is 5.83. The molecule has 1 N–H and O–H groups in total. The van der Waals surface area contributed by atoms with Crippen LogP contribution in [0.1, 0.15) is 0 Å². The zero-order chi connectivity index (χ0) is 11.7. The number of rotatable bonds is 2. The van der Waals surface area contributed by atoms with Crippen molar-refractivity contribution in [3.8, 4) is 5.75 Å². The van der Waals surface area contributed by atoms with Crippen molar-refractivity contribution in [2.24, 2.45) is 0 Å². The highest BCUT2D eigenvalue weighted by molar-refractivity contribution is 9.10. The van der Waals surface area contributed by atoms with Gasteiger partial charge in [0.15, 0.2) is 0 Å². The van der Waals surface area contributed by atoms with E-state index in [1.807, 2.05) is 0 Å². The molecule has 86 valence electrons. The standard InChI is InChI=1S/C10H9BrClNO3/c11-8-3-6(1-2-9(8)12)16-7-4-13(5-7)10(14)15/h1-3,7H,4-5H2,(H,14,15). The van der Waals surface area contributed by atoms with E-state index in [1.165, 1.54) is 4.90 Å². The van der Waals surface area contributed by atoms with Gasteiger partial charge in [0.2, 0.25) is 0 Å². The Labute approximate surface area is 106 Å². The molecule has 1 aliphatic heterocycles. The molecule has 1 heterocycles. The Kier molecular flexibility index (Phi) is 3.25. The van der Waals surface area contributed by atoms with Gasteiger partial charge in [-0.15, -0.1) is 0 Å². The molecule has 0 aliphatic carbocycles. The van der Waals surface area contributed by atoms with Gasteiger partial charge in [0.05, 0.1) is 18.1 Å². The first-order valence-electron chi connectivity index (χ1n) is 4.66. The van der Waals surface area contributed by atoms with E-state index in [4.69, 9.17) is 21.4 Å². The van der Waals surface area contributed by atoms with Crippen LogP contribution in [-0.4, -0.2) is 35.3 Å². The SMILES string of the molecule is O=C(O)N1CC(Oc2ccc(Cl)c(Br)c2)C1. The predicted molar refractivity (Wildman–Crippen MR) is 63.2 cm³/mol. The number of hydrogen-bond donors (Lipinski definition) is 1. The van der Waals surface area contributed by atoms with Crippen molar-refractivity contribution < 1.29 is 14.6 Å². The number of amides is 1. The molecule has 1 aromatic rings. The zero-order valence-corrected chi connectivity index (χ0v) is 10.5. The monoisotopic (exact) mass is 305 g/mol. The Bertz CT molecular complexity index is 421. The molecule has 0 radical (unpaired) electrons. The van der Waals surface area contributed by atoms with Gasteiger partial charge in [-0.25, -0.2) is 4.79 Å². The number of nitrogens with zero attached hydrogens (tertiary/aromatic N) is 1. The van der Waals surface area contributed by atoms with Crippen LogP contribution in [0.15, 0.2) is 22.7 Å². The summed E-state index contributed by atoms with van der Waals surface area (Å²) in [6.07, 6.45) is -0.971. The second kappa shape index (κ2) is 4.51. The summed E-state index contributed by atoms with van der Waals surface area (Å²) in [5, 5.41) is 9.26. The Morgan fingerprint density at radius 3 is 2.81 bits per heavy atom. The zero-order valence-electron chi connectivity index (χ0n) is 8.19. The summed E-state index contributed by atoms with van der Waals surface area (Å²) in [6, 6.07) is 5.26. The van der Waals surface area contributed by atoms with Gasteiger partial charge in [0.1, 0.15) is 11.9 Å². The predicted octanol–water partition coefficient (Wildman–Crippen LogP) is 2.84. The van der Waals surface area contributed by atoms with Crippen molar-refractivity contribution in [2.75, 3.05) is 13.1 Å². The number of carboxylic acid groups (broad SMARTS) is 1. The molecule has 2 rings (SSSR count). The molecule has 0 aromatic heterocycles. The van der Waals surface area contributed by atoms with Crippen molar-refractivity contribution in [1.29, 1.82) is 0 Å². The fourth-order valence-electron chi connectivity index (χ4n) is 1.41. The molecular weight excluding hydrogens is 297 g/mol. The van der Waals surface area contributed by atoms with Gasteiger partial charge < -0.3 is 14.7 Å². The molecule has 1 saturated heterocycles. The van der Waals surface area contributed by atoms with E-state index < -0.39 is 6.09 Å². The lowest BCUT2D eigenvalue weighted by Gasteiger charge is -2.36. The molecule has 0 saturated carbocycles. The molecule has 1 aliphatic rings. The van der Waals surface area contributed by atoms with E-state index >= 15 is 0 Å². The first-order chi connectivity index (χ1) is 7.56. The van der Waals surface area contributed by atoms with Gasteiger partial charge >= 0.3 is 6.09 Å². The molecule has 1 aromatic carbocycles. The first kappa shape index (κ1) is 11.5. The lowest BCUT2D eigenvalue weighted by Crippen LogP contribution is -2.55. The van der Waals surface area contributed by atoms with E-state index in [9.17, 15) is 4.79 Å². The average Bonchev–Trinajstić information content (AvgIpc) is 2.15. The van der Waals surface area contributed by atoms with Crippen molar-refractivity contribution in [1.82, 2.24) is 4.90 Å². The summed E-state index contributed by atoms with van der Waals surface area (Å²) >= 11 is 9.14. The van der Waals surface area contributed by atoms with Gasteiger partial charge in [-0.1, -0.05) is 11.6 Å². The van der Waals surface area contributed by atoms with E-state index in [0.717, 1.165) is 4.47 Å². The smallest absolute Gasteiger partial charge is 0.407 e. The molecule has 0 bridgehead atoms. The molecule has 6 heteroatoms. The van der Waals surface area contributed by atoms with Crippen LogP contribution >= 0.6 is 27.5 Å². The van der Waals surface area contributed by atoms with Crippen LogP contribution in [0.4, 0.5) is 4.79 Å². The molecular formula is C10H9BrClNO3. The lowest BCUT2D eigenvalue weighted by atomic mass is 10.2. The maximum absolute atomic E-state index is 10.5. The van der Waals surface area contributed by atoms with Gasteiger partial charge in [-0.2, -0.15) is 0 Å². The van der Waals surface area contributed by atoms with Crippen LogP contribution in [-0.2, 0) is 0 Å². The Hall–Kier alpha value is -0.940. The van der Waals surface area contributed by atoms with E-state index in [1.54, 1.807) is 18.2 Å². The maximum Gasteiger partial charge on any atom is 0.407 e. The highest BCUT2D eigenvalue weighted by atomic mass is 79.9. The molecule has 1 fully saturated rings. The highest BCUT2D eigenvalue weighted by Crippen LogP contribution is 2.28. The minimum atomic E-state index is -0.905. The number of ether oxygens (including phenoxy) is 1. The van der Waals surface area contributed by atoms with Crippen LogP contribution in [0.5, 0.6) is 5.75 Å². The molecule has 0 unspecified atom stereocenters. The maximum atomic E-state index is 10.5. The van der Waals surface area contributed by atoms with Crippen molar-refractivity contribution >= 4 is 33.6 Å². The Balaban J connectivity index is 1.91. The van der Waals surface area contributed by atoms with E-state index in [-0.39, 0.29) is 6.10 Å². The summed E-state index contributed by atoms with van der Waals surface area (Å²) in [4.78, 5) is 11.8. The fourth-order valence-corrected chi connectivity index (χ4v) is 1.89. The van der Waals surface area contributed by atoms with Crippen molar-refractivity contribution in [2.45, 2.75) is 6.10 Å². The molecule has 4 nitrogen and oxygen atoms in total. The van der Waals surface area contributed by atoms with Crippen LogP contribution in [0, 0.1) is 0 Å². The third-order valence-corrected chi connectivity index (χ3v) is 3.53. The summed E-state index contributed by atoms with van der Waals surface area (Å²) in [6.45, 7) is 0.825. The number of halogens is 2. The van der Waals surface area contributed by atoms with Crippen LogP contribution in [0.25, 0.3) is 0 Å². The van der Waals surface area contributed by atoms with Crippen LogP contribution in [0.2, 0.25) is 5.02 Å². The van der Waals surface area contributed by atoms with Crippen LogP contribution < -0.4 is 4.74 Å². The largest absolute Gasteiger partial charge is 0.487 e. The van der Waals surface area contributed by atoms with Gasteiger partial charge in [-0.3, -0.25) is 0 Å². The minimum absolute atomic E-state index is 0.0656. The summed E-state index contributed by atoms with van der Waals surface area (Å²) < 4.78 is 6.34. The number of carbonyl (C=O) groups is 1. The topological polar surface area (TPSA) is 49.8 Å². The van der Waals surface area contributed by atoms with Crippen LogP contribution in [0.3, 0.4) is 0 Å². The summed E-state index contributed by atoms with van der Waals surface area (Å²) in [5.74, 6) is 0.686. The second-order valence-electron chi connectivity index (χ2n) is 3.50. The van der Waals surface area contributed by atoms with Gasteiger partial charge in [0, 0.05) is 4.47 Å². The number of hydrogen-bond acceptors (Lipinski definition) is 2. The normalized spacial score (nSPS) is 15.8. The van der Waals surface area contributed by atoms with Crippen molar-refractivity contribution in [3.05, 3.63) is 27.7 Å². The Morgan fingerprint density at radius 2 is 2.25 bits per heavy atom. The highest BCUT2D eigenvalue weighted by Gasteiger charge is 2.32. The summed E-state index contributed by atoms with van der Waals surface area (Å²) in [5.41, 5.74) is 0. The lowest BCUT2D eigenvalue weighted by molar-refractivity contribution is 0.0252. The second-order valence-corrected chi connectivity index (χ2v) is 4.76. The molecule has 1 amide bonds. The number of benzene rings is 1. The van der Waals surface area contributed by atoms with Crippen molar-refractivity contribution in [3.63, 3.8) is 0 Å². The van der Waals surface area contributed by atoms with E-state index in [2.05, 4.69) is 15.9 Å². The van der Waals surface area contributed by atoms with Gasteiger partial charge in [-0.05, 0) is 34.1 Å². The number of likely N-dealkylation sites (tertiary alicyclic amines) is 1. The average molecular weight is 307 g/mol. The minimum Gasteiger partial charge on any atom is -0.487 e. The van der Waals surface area contributed by atoms with E-state index in [0.29, 0.717) is 23.9 Å². The third kappa shape index (κ3) is 2.41.